The largest absolute Gasteiger partial charge is 0.489 e. The topological polar surface area (TPSA) is 59.9 Å². The van der Waals surface area contributed by atoms with Gasteiger partial charge in [-0.25, -0.2) is 5.43 Å². The lowest BCUT2D eigenvalue weighted by Gasteiger charge is -2.07. The Morgan fingerprint density at radius 3 is 2.72 bits per heavy atom. The maximum absolute atomic E-state index is 11.8. The molecule has 25 heavy (non-hydrogen) atoms. The molecule has 0 aliphatic carbocycles. The summed E-state index contributed by atoms with van der Waals surface area (Å²) in [5, 5.41) is 4.71. The molecule has 2 aromatic carbocycles. The molecule has 0 saturated carbocycles. The van der Waals surface area contributed by atoms with Gasteiger partial charge in [0, 0.05) is 10.6 Å². The maximum atomic E-state index is 11.8. The van der Waals surface area contributed by atoms with Gasteiger partial charge in [0.1, 0.15) is 18.1 Å². The minimum atomic E-state index is -0.424. The normalized spacial score (nSPS) is 10.5. The van der Waals surface area contributed by atoms with E-state index in [-0.39, 0.29) is 6.61 Å². The number of ether oxygens (including phenoxy) is 2. The molecule has 1 N–H and O–H groups in total. The fraction of sp³-hybridized carbons (Fsp3) is 0.111. The predicted octanol–water partition coefficient (Wildman–Crippen LogP) is 4.09. The first-order chi connectivity index (χ1) is 12.1. The molecule has 130 valence electrons. The van der Waals surface area contributed by atoms with Crippen molar-refractivity contribution in [3.8, 4) is 11.5 Å². The summed E-state index contributed by atoms with van der Waals surface area (Å²) < 4.78 is 10.8. The number of nitrogens with zero attached hydrogens (tertiary/aromatic N) is 1. The van der Waals surface area contributed by atoms with Gasteiger partial charge in [-0.2, -0.15) is 5.10 Å². The van der Waals surface area contributed by atoms with E-state index in [0.29, 0.717) is 28.2 Å². The first-order valence-electron chi connectivity index (χ1n) is 7.32. The zero-order valence-electron chi connectivity index (χ0n) is 13.2. The van der Waals surface area contributed by atoms with E-state index >= 15 is 0 Å². The van der Waals surface area contributed by atoms with Crippen molar-refractivity contribution in [1.82, 2.24) is 5.43 Å². The minimum absolute atomic E-state index is 0.229. The smallest absolute Gasteiger partial charge is 0.277 e. The number of carbonyl (C=O) groups is 1. The third-order valence-electron chi connectivity index (χ3n) is 2.92. The summed E-state index contributed by atoms with van der Waals surface area (Å²) in [6.07, 6.45) is 3.14. The van der Waals surface area contributed by atoms with Crippen molar-refractivity contribution in [3.05, 3.63) is 70.7 Å². The van der Waals surface area contributed by atoms with Gasteiger partial charge >= 0.3 is 0 Å². The monoisotopic (exact) mass is 378 g/mol. The molecule has 0 fully saturated rings. The van der Waals surface area contributed by atoms with Crippen LogP contribution in [0.1, 0.15) is 5.56 Å². The number of rotatable bonds is 8. The molecule has 0 unspecified atom stereocenters. The fourth-order valence-electron chi connectivity index (χ4n) is 1.81. The second kappa shape index (κ2) is 9.71. The first-order valence-corrected chi connectivity index (χ1v) is 8.08. The molecular weight excluding hydrogens is 363 g/mol. The highest BCUT2D eigenvalue weighted by Crippen LogP contribution is 2.27. The van der Waals surface area contributed by atoms with Crippen LogP contribution in [0.3, 0.4) is 0 Å². The van der Waals surface area contributed by atoms with E-state index in [9.17, 15) is 4.79 Å². The Labute approximate surface area is 155 Å². The molecule has 1 amide bonds. The molecule has 0 aromatic heterocycles. The van der Waals surface area contributed by atoms with Gasteiger partial charge in [0.05, 0.1) is 11.2 Å². The van der Waals surface area contributed by atoms with Crippen LogP contribution in [0.25, 0.3) is 0 Å². The van der Waals surface area contributed by atoms with Crippen molar-refractivity contribution in [1.29, 1.82) is 0 Å². The number of carbonyl (C=O) groups excluding carboxylic acids is 1. The summed E-state index contributed by atoms with van der Waals surface area (Å²) in [6.45, 7) is 3.75. The average molecular weight is 379 g/mol. The second-order valence-electron chi connectivity index (χ2n) is 4.79. The summed E-state index contributed by atoms with van der Waals surface area (Å²) in [7, 11) is 0. The zero-order valence-corrected chi connectivity index (χ0v) is 14.8. The Hall–Kier alpha value is -2.50. The fourth-order valence-corrected chi connectivity index (χ4v) is 2.27. The standard InChI is InChI=1S/C18H16Cl2N2O3/c1-2-9-24-16-6-4-3-5-13(16)11-21-22-18(23)12-25-17-8-7-14(19)10-15(17)20/h2-8,10-11H,1,9,12H2,(H,22,23). The molecule has 0 aliphatic rings. The third kappa shape index (κ3) is 6.14. The van der Waals surface area contributed by atoms with Gasteiger partial charge in [-0.15, -0.1) is 0 Å². The van der Waals surface area contributed by atoms with E-state index in [1.165, 1.54) is 12.3 Å². The highest BCUT2D eigenvalue weighted by molar-refractivity contribution is 6.35. The molecule has 0 atom stereocenters. The number of para-hydroxylation sites is 1. The van der Waals surface area contributed by atoms with E-state index in [2.05, 4.69) is 17.1 Å². The molecule has 0 bridgehead atoms. The Bertz CT molecular complexity index is 779. The van der Waals surface area contributed by atoms with Crippen molar-refractivity contribution >= 4 is 35.3 Å². The number of hydrogen-bond acceptors (Lipinski definition) is 4. The van der Waals surface area contributed by atoms with Gasteiger partial charge in [-0.3, -0.25) is 4.79 Å². The van der Waals surface area contributed by atoms with Crippen LogP contribution in [-0.2, 0) is 4.79 Å². The van der Waals surface area contributed by atoms with Crippen LogP contribution >= 0.6 is 23.2 Å². The van der Waals surface area contributed by atoms with Gasteiger partial charge < -0.3 is 9.47 Å². The van der Waals surface area contributed by atoms with E-state index in [1.807, 2.05) is 18.2 Å². The molecule has 5 nitrogen and oxygen atoms in total. The summed E-state index contributed by atoms with van der Waals surface area (Å²) in [6, 6.07) is 12.1. The van der Waals surface area contributed by atoms with Crippen LogP contribution in [0.2, 0.25) is 10.0 Å². The summed E-state index contributed by atoms with van der Waals surface area (Å²) >= 11 is 11.8. The van der Waals surface area contributed by atoms with E-state index in [4.69, 9.17) is 32.7 Å². The lowest BCUT2D eigenvalue weighted by molar-refractivity contribution is -0.123. The van der Waals surface area contributed by atoms with E-state index < -0.39 is 5.91 Å². The van der Waals surface area contributed by atoms with Crippen LogP contribution in [-0.4, -0.2) is 25.3 Å². The van der Waals surface area contributed by atoms with E-state index in [1.54, 1.807) is 24.3 Å². The highest BCUT2D eigenvalue weighted by Gasteiger charge is 2.06. The zero-order chi connectivity index (χ0) is 18.1. The molecule has 0 radical (unpaired) electrons. The number of hydrazone groups is 1. The first kappa shape index (κ1) is 18.8. The van der Waals surface area contributed by atoms with Crippen LogP contribution < -0.4 is 14.9 Å². The lowest BCUT2D eigenvalue weighted by atomic mass is 10.2. The molecule has 7 heteroatoms. The van der Waals surface area contributed by atoms with Crippen LogP contribution in [0.15, 0.2) is 60.2 Å². The number of halogens is 2. The molecule has 2 aromatic rings. The Morgan fingerprint density at radius 2 is 1.96 bits per heavy atom. The van der Waals surface area contributed by atoms with Gasteiger partial charge in [0.15, 0.2) is 6.61 Å². The maximum Gasteiger partial charge on any atom is 0.277 e. The average Bonchev–Trinajstić information content (AvgIpc) is 2.60. The molecular formula is C18H16Cl2N2O3. The number of hydrogen-bond donors (Lipinski definition) is 1. The Balaban J connectivity index is 1.87. The second-order valence-corrected chi connectivity index (χ2v) is 5.64. The Kier molecular flexibility index (Phi) is 7.32. The highest BCUT2D eigenvalue weighted by atomic mass is 35.5. The molecule has 0 saturated heterocycles. The molecule has 0 heterocycles. The lowest BCUT2D eigenvalue weighted by Crippen LogP contribution is -2.24. The van der Waals surface area contributed by atoms with Crippen molar-refractivity contribution in [2.24, 2.45) is 5.10 Å². The van der Waals surface area contributed by atoms with Gasteiger partial charge in [0.25, 0.3) is 5.91 Å². The summed E-state index contributed by atoms with van der Waals surface area (Å²) in [5.74, 6) is 0.588. The van der Waals surface area contributed by atoms with Gasteiger partial charge in [-0.05, 0) is 30.3 Å². The third-order valence-corrected chi connectivity index (χ3v) is 3.45. The van der Waals surface area contributed by atoms with Gasteiger partial charge in [-0.1, -0.05) is 48.0 Å². The quantitative estimate of drug-likeness (QED) is 0.427. The van der Waals surface area contributed by atoms with Crippen LogP contribution in [0.5, 0.6) is 11.5 Å². The van der Waals surface area contributed by atoms with Gasteiger partial charge in [0.2, 0.25) is 0 Å². The molecule has 0 aliphatic heterocycles. The van der Waals surface area contributed by atoms with Crippen LogP contribution in [0, 0.1) is 0 Å². The Morgan fingerprint density at radius 1 is 1.16 bits per heavy atom. The number of amides is 1. The van der Waals surface area contributed by atoms with Crippen LogP contribution in [0.4, 0.5) is 0 Å². The van der Waals surface area contributed by atoms with Crippen molar-refractivity contribution < 1.29 is 14.3 Å². The minimum Gasteiger partial charge on any atom is -0.489 e. The molecule has 2 rings (SSSR count). The summed E-state index contributed by atoms with van der Waals surface area (Å²) in [5.41, 5.74) is 3.10. The SMILES string of the molecule is C=CCOc1ccccc1C=NNC(=O)COc1ccc(Cl)cc1Cl. The number of nitrogens with one attached hydrogen (secondary N) is 1. The van der Waals surface area contributed by atoms with E-state index in [0.717, 1.165) is 5.56 Å². The number of benzene rings is 2. The summed E-state index contributed by atoms with van der Waals surface area (Å²) in [4.78, 5) is 11.8. The van der Waals surface area contributed by atoms with Crippen molar-refractivity contribution in [2.45, 2.75) is 0 Å². The van der Waals surface area contributed by atoms with Crippen molar-refractivity contribution in [2.75, 3.05) is 13.2 Å². The van der Waals surface area contributed by atoms with Crippen molar-refractivity contribution in [3.63, 3.8) is 0 Å². The predicted molar refractivity (Wildman–Crippen MR) is 99.8 cm³/mol. The molecule has 0 spiro atoms.